The number of benzene rings is 1. The molecule has 0 spiro atoms. The molecule has 0 radical (unpaired) electrons. The summed E-state index contributed by atoms with van der Waals surface area (Å²) < 4.78 is 5.75. The van der Waals surface area contributed by atoms with E-state index in [2.05, 4.69) is 49.1 Å². The van der Waals surface area contributed by atoms with E-state index in [4.69, 9.17) is 4.74 Å². The third-order valence-corrected chi connectivity index (χ3v) is 6.05. The van der Waals surface area contributed by atoms with Gasteiger partial charge in [-0.3, -0.25) is 4.90 Å². The smallest absolute Gasteiger partial charge is 0.410 e. The second-order valence-electron chi connectivity index (χ2n) is 8.01. The molecule has 2 aliphatic rings. The van der Waals surface area contributed by atoms with E-state index in [1.54, 1.807) is 0 Å². The Morgan fingerprint density at radius 1 is 1.27 bits per heavy atom. The number of carbonyl (C=O) groups excluding carboxylic acids is 1. The summed E-state index contributed by atoms with van der Waals surface area (Å²) in [6.07, 6.45) is 6.96. The van der Waals surface area contributed by atoms with Crippen LogP contribution in [0.15, 0.2) is 18.2 Å². The van der Waals surface area contributed by atoms with Crippen LogP contribution in [0.4, 0.5) is 10.5 Å². The van der Waals surface area contributed by atoms with Gasteiger partial charge in [0.2, 0.25) is 0 Å². The number of unbranched alkanes of at least 4 members (excludes halogenated alkanes) is 4. The van der Waals surface area contributed by atoms with Crippen LogP contribution in [0.3, 0.4) is 0 Å². The van der Waals surface area contributed by atoms with Gasteiger partial charge in [-0.2, -0.15) is 0 Å². The number of nitrogens with one attached hydrogen (secondary N) is 1. The maximum Gasteiger partial charge on any atom is 0.412 e. The van der Waals surface area contributed by atoms with Crippen molar-refractivity contribution in [3.63, 3.8) is 0 Å². The van der Waals surface area contributed by atoms with Gasteiger partial charge in [0.05, 0.1) is 6.17 Å². The number of rotatable bonds is 7. The number of anilines is 1. The van der Waals surface area contributed by atoms with Crippen LogP contribution in [-0.2, 0) is 5.41 Å². The van der Waals surface area contributed by atoms with Gasteiger partial charge in [-0.25, -0.2) is 4.79 Å². The highest BCUT2D eigenvalue weighted by molar-refractivity contribution is 5.75. The fraction of sp³-hybridized carbons (Fsp3) is 0.667. The van der Waals surface area contributed by atoms with E-state index in [1.165, 1.54) is 30.5 Å². The molecular weight excluding hydrogens is 326 g/mol. The topological polar surface area (TPSA) is 44.8 Å². The zero-order valence-corrected chi connectivity index (χ0v) is 16.7. The molecule has 0 unspecified atom stereocenters. The van der Waals surface area contributed by atoms with E-state index in [0.29, 0.717) is 18.5 Å². The molecule has 0 saturated carbocycles. The molecule has 3 rings (SSSR count). The number of amides is 1. The van der Waals surface area contributed by atoms with Gasteiger partial charge in [0.1, 0.15) is 5.75 Å². The van der Waals surface area contributed by atoms with Crippen LogP contribution in [0.5, 0.6) is 5.75 Å². The van der Waals surface area contributed by atoms with Crippen LogP contribution < -0.4 is 15.0 Å². The molecule has 5 heteroatoms. The van der Waals surface area contributed by atoms with Crippen molar-refractivity contribution in [3.05, 3.63) is 23.8 Å². The van der Waals surface area contributed by atoms with E-state index >= 15 is 0 Å². The van der Waals surface area contributed by atoms with Crippen LogP contribution in [0.25, 0.3) is 0 Å². The Bertz CT molecular complexity index is 648. The summed E-state index contributed by atoms with van der Waals surface area (Å²) in [5.74, 6) is 0.707. The van der Waals surface area contributed by atoms with Crippen molar-refractivity contribution in [1.29, 1.82) is 0 Å². The number of likely N-dealkylation sites (N-methyl/N-ethyl adjacent to an activating group) is 2. The third-order valence-electron chi connectivity index (χ3n) is 6.05. The first-order valence-corrected chi connectivity index (χ1v) is 10.0. The lowest BCUT2D eigenvalue weighted by Crippen LogP contribution is -2.45. The summed E-state index contributed by atoms with van der Waals surface area (Å²) in [6.45, 7) is 6.24. The number of hydrogen-bond donors (Lipinski definition) is 1. The lowest BCUT2D eigenvalue weighted by atomic mass is 9.81. The number of ether oxygens (including phenoxy) is 1. The van der Waals surface area contributed by atoms with Gasteiger partial charge in [-0.15, -0.1) is 0 Å². The van der Waals surface area contributed by atoms with Crippen molar-refractivity contribution in [2.45, 2.75) is 64.0 Å². The summed E-state index contributed by atoms with van der Waals surface area (Å²) in [4.78, 5) is 17.0. The number of likely N-dealkylation sites (tertiary alicyclic amines) is 1. The minimum atomic E-state index is -0.338. The van der Waals surface area contributed by atoms with Crippen molar-refractivity contribution < 1.29 is 9.53 Å². The minimum absolute atomic E-state index is 0.00411. The maximum atomic E-state index is 12.3. The highest BCUT2D eigenvalue weighted by Gasteiger charge is 2.53. The highest BCUT2D eigenvalue weighted by Crippen LogP contribution is 2.54. The molecule has 0 bridgehead atoms. The van der Waals surface area contributed by atoms with Crippen molar-refractivity contribution in [2.75, 3.05) is 32.1 Å². The molecule has 0 aliphatic carbocycles. The van der Waals surface area contributed by atoms with E-state index in [9.17, 15) is 4.79 Å². The predicted molar refractivity (Wildman–Crippen MR) is 106 cm³/mol. The Labute approximate surface area is 157 Å². The lowest BCUT2D eigenvalue weighted by molar-refractivity contribution is 0.198. The highest BCUT2D eigenvalue weighted by atomic mass is 16.6. The Hall–Kier alpha value is -1.75. The maximum absolute atomic E-state index is 12.3. The van der Waals surface area contributed by atoms with Crippen LogP contribution in [0.1, 0.15) is 57.9 Å². The Morgan fingerprint density at radius 2 is 2.04 bits per heavy atom. The first-order chi connectivity index (χ1) is 12.5. The quantitative estimate of drug-likeness (QED) is 0.744. The molecular formula is C21H33N3O2. The van der Waals surface area contributed by atoms with Crippen molar-refractivity contribution >= 4 is 11.8 Å². The van der Waals surface area contributed by atoms with Gasteiger partial charge < -0.3 is 15.0 Å². The van der Waals surface area contributed by atoms with Crippen LogP contribution in [0, 0.1) is 0 Å². The van der Waals surface area contributed by atoms with Gasteiger partial charge in [-0.05, 0) is 32.0 Å². The van der Waals surface area contributed by atoms with Gasteiger partial charge in [0.25, 0.3) is 0 Å². The van der Waals surface area contributed by atoms with E-state index in [1.807, 2.05) is 12.1 Å². The summed E-state index contributed by atoms with van der Waals surface area (Å²) in [6, 6.07) is 6.04. The first-order valence-electron chi connectivity index (χ1n) is 10.0. The minimum Gasteiger partial charge on any atom is -0.410 e. The average molecular weight is 360 g/mol. The molecule has 1 amide bonds. The number of nitrogens with zero attached hydrogens (tertiary/aromatic N) is 2. The Morgan fingerprint density at radius 3 is 2.81 bits per heavy atom. The van der Waals surface area contributed by atoms with Gasteiger partial charge >= 0.3 is 6.09 Å². The monoisotopic (exact) mass is 359 g/mol. The van der Waals surface area contributed by atoms with Crippen molar-refractivity contribution in [3.8, 4) is 5.75 Å². The molecule has 26 heavy (non-hydrogen) atoms. The summed E-state index contributed by atoms with van der Waals surface area (Å²) in [5.41, 5.74) is 2.35. The second kappa shape index (κ2) is 7.87. The Kier molecular flexibility index (Phi) is 5.76. The fourth-order valence-electron chi connectivity index (χ4n) is 4.78. The average Bonchev–Trinajstić information content (AvgIpc) is 3.04. The van der Waals surface area contributed by atoms with Gasteiger partial charge in [-0.1, -0.05) is 45.6 Å². The van der Waals surface area contributed by atoms with E-state index in [-0.39, 0.29) is 11.5 Å². The van der Waals surface area contributed by atoms with Crippen LogP contribution >= 0.6 is 0 Å². The van der Waals surface area contributed by atoms with Crippen molar-refractivity contribution in [2.24, 2.45) is 0 Å². The first kappa shape index (κ1) is 19.0. The molecule has 1 aromatic carbocycles. The van der Waals surface area contributed by atoms with E-state index < -0.39 is 0 Å². The molecule has 0 aromatic heterocycles. The Balaban J connectivity index is 1.65. The molecule has 144 valence electrons. The molecule has 1 saturated heterocycles. The molecule has 1 fully saturated rings. The number of fused-ring (bicyclic) bond motifs is 3. The number of carbonyl (C=O) groups is 1. The second-order valence-corrected chi connectivity index (χ2v) is 8.01. The fourth-order valence-corrected chi connectivity index (χ4v) is 4.78. The predicted octanol–water partition coefficient (Wildman–Crippen LogP) is 4.11. The van der Waals surface area contributed by atoms with Crippen LogP contribution in [-0.4, -0.2) is 44.3 Å². The molecule has 2 atom stereocenters. The molecule has 1 aromatic rings. The van der Waals surface area contributed by atoms with E-state index in [0.717, 1.165) is 25.8 Å². The lowest BCUT2D eigenvalue weighted by Gasteiger charge is -2.32. The zero-order chi connectivity index (χ0) is 18.7. The third kappa shape index (κ3) is 3.41. The van der Waals surface area contributed by atoms with Gasteiger partial charge in [0.15, 0.2) is 0 Å². The SMILES string of the molecule is CCCCCCCNC(=O)Oc1cccc2c1[C@]1(C)CCN(C)[C@@H]1N2C. The number of hydrogen-bond acceptors (Lipinski definition) is 4. The molecule has 1 N–H and O–H groups in total. The molecule has 5 nitrogen and oxygen atoms in total. The largest absolute Gasteiger partial charge is 0.412 e. The van der Waals surface area contributed by atoms with Gasteiger partial charge in [0, 0.05) is 36.8 Å². The van der Waals surface area contributed by atoms with Crippen LogP contribution in [0.2, 0.25) is 0 Å². The standard InChI is InChI=1S/C21H33N3O2/c1-5-6-7-8-9-14-22-20(25)26-17-12-10-11-16-18(17)21(2)13-15-23(3)19(21)24(16)4/h10-12,19H,5-9,13-15H2,1-4H3,(H,22,25)/t19-,21+/m1/s1. The summed E-state index contributed by atoms with van der Waals surface area (Å²) >= 11 is 0. The normalized spacial score (nSPS) is 24.5. The zero-order valence-electron chi connectivity index (χ0n) is 16.7. The molecule has 2 heterocycles. The molecule has 2 aliphatic heterocycles. The van der Waals surface area contributed by atoms with Crippen molar-refractivity contribution in [1.82, 2.24) is 10.2 Å². The summed E-state index contributed by atoms with van der Waals surface area (Å²) in [7, 11) is 4.31. The summed E-state index contributed by atoms with van der Waals surface area (Å²) in [5, 5.41) is 2.91.